The zero-order valence-electron chi connectivity index (χ0n) is 8.62. The Hall–Kier alpha value is -0.580. The average Bonchev–Trinajstić information content (AvgIpc) is 2.51. The van der Waals surface area contributed by atoms with Crippen LogP contribution >= 0.6 is 27.5 Å². The molecule has 0 spiro atoms. The van der Waals surface area contributed by atoms with Crippen molar-refractivity contribution in [1.29, 1.82) is 0 Å². The number of amides is 1. The van der Waals surface area contributed by atoms with E-state index in [1.54, 1.807) is 4.90 Å². The Labute approximate surface area is 108 Å². The normalized spacial score (nSPS) is 20.6. The van der Waals surface area contributed by atoms with Crippen LogP contribution < -0.4 is 5.73 Å². The summed E-state index contributed by atoms with van der Waals surface area (Å²) in [5.41, 5.74) is 6.75. The Morgan fingerprint density at radius 2 is 2.31 bits per heavy atom. The fraction of sp³-hybridized carbons (Fsp3) is 0.364. The molecule has 0 bridgehead atoms. The van der Waals surface area contributed by atoms with Crippen LogP contribution in [0, 0.1) is 0 Å². The van der Waals surface area contributed by atoms with Gasteiger partial charge in [-0.3, -0.25) is 4.79 Å². The summed E-state index contributed by atoms with van der Waals surface area (Å²) >= 11 is 9.32. The van der Waals surface area contributed by atoms with Gasteiger partial charge in [0.15, 0.2) is 0 Å². The van der Waals surface area contributed by atoms with E-state index in [0.29, 0.717) is 24.5 Å². The molecule has 0 aromatic heterocycles. The van der Waals surface area contributed by atoms with Crippen LogP contribution in [0.15, 0.2) is 22.7 Å². The Kier molecular flexibility index (Phi) is 3.52. The number of likely N-dealkylation sites (tertiary alicyclic amines) is 1. The molecular weight excluding hydrogens is 291 g/mol. The summed E-state index contributed by atoms with van der Waals surface area (Å²) < 4.78 is 0.863. The molecule has 86 valence electrons. The number of carbonyl (C=O) groups excluding carboxylic acids is 1. The number of nitrogens with two attached hydrogens (primary N) is 1. The molecule has 3 nitrogen and oxygen atoms in total. The number of benzene rings is 1. The summed E-state index contributed by atoms with van der Waals surface area (Å²) in [4.78, 5) is 13.3. The minimum Gasteiger partial charge on any atom is -0.337 e. The monoisotopic (exact) mass is 302 g/mol. The first kappa shape index (κ1) is 11.9. The predicted octanol–water partition coefficient (Wildman–Crippen LogP) is 2.16. The first-order valence-electron chi connectivity index (χ1n) is 5.03. The van der Waals surface area contributed by atoms with Crippen molar-refractivity contribution < 1.29 is 4.79 Å². The molecule has 1 saturated heterocycles. The van der Waals surface area contributed by atoms with Gasteiger partial charge < -0.3 is 10.6 Å². The van der Waals surface area contributed by atoms with Crippen LogP contribution in [-0.2, 0) is 11.3 Å². The molecule has 2 rings (SSSR count). The molecule has 1 aromatic rings. The molecule has 2 N–H and O–H groups in total. The maximum absolute atomic E-state index is 11.5. The summed E-state index contributed by atoms with van der Waals surface area (Å²) in [6.45, 7) is 1.21. The van der Waals surface area contributed by atoms with Crippen LogP contribution in [0.5, 0.6) is 0 Å². The summed E-state index contributed by atoms with van der Waals surface area (Å²) in [5, 5.41) is 0.661. The van der Waals surface area contributed by atoms with Gasteiger partial charge in [-0.15, -0.1) is 0 Å². The highest BCUT2D eigenvalue weighted by atomic mass is 79.9. The van der Waals surface area contributed by atoms with Gasteiger partial charge >= 0.3 is 0 Å². The van der Waals surface area contributed by atoms with E-state index in [4.69, 9.17) is 17.3 Å². The Balaban J connectivity index is 2.09. The molecule has 1 atom stereocenters. The van der Waals surface area contributed by atoms with Crippen LogP contribution in [-0.4, -0.2) is 23.4 Å². The average molecular weight is 304 g/mol. The summed E-state index contributed by atoms with van der Waals surface area (Å²) in [6, 6.07) is 5.67. The molecule has 1 aliphatic heterocycles. The van der Waals surface area contributed by atoms with Crippen LogP contribution in [0.4, 0.5) is 0 Å². The molecule has 16 heavy (non-hydrogen) atoms. The first-order valence-corrected chi connectivity index (χ1v) is 6.20. The van der Waals surface area contributed by atoms with Gasteiger partial charge in [0.2, 0.25) is 5.91 Å². The molecular formula is C11H12BrClN2O. The fourth-order valence-corrected chi connectivity index (χ4v) is 2.26. The summed E-state index contributed by atoms with van der Waals surface area (Å²) in [5.74, 6) is 0.117. The zero-order valence-corrected chi connectivity index (χ0v) is 11.0. The molecule has 0 radical (unpaired) electrons. The molecule has 1 amide bonds. The lowest BCUT2D eigenvalue weighted by Gasteiger charge is -2.16. The van der Waals surface area contributed by atoms with E-state index in [2.05, 4.69) is 15.9 Å². The first-order chi connectivity index (χ1) is 7.56. The van der Waals surface area contributed by atoms with Crippen LogP contribution in [0.1, 0.15) is 12.0 Å². The van der Waals surface area contributed by atoms with Crippen molar-refractivity contribution in [2.75, 3.05) is 6.54 Å². The highest BCUT2D eigenvalue weighted by Gasteiger charge is 2.26. The van der Waals surface area contributed by atoms with Crippen LogP contribution in [0.2, 0.25) is 5.02 Å². The lowest BCUT2D eigenvalue weighted by Crippen LogP contribution is -2.27. The third-order valence-electron chi connectivity index (χ3n) is 2.60. The molecule has 1 fully saturated rings. The number of halogens is 2. The van der Waals surface area contributed by atoms with E-state index in [0.717, 1.165) is 10.0 Å². The van der Waals surface area contributed by atoms with Crippen molar-refractivity contribution in [3.05, 3.63) is 33.3 Å². The second-order valence-electron chi connectivity index (χ2n) is 3.99. The second kappa shape index (κ2) is 4.73. The lowest BCUT2D eigenvalue weighted by molar-refractivity contribution is -0.128. The highest BCUT2D eigenvalue weighted by Crippen LogP contribution is 2.24. The van der Waals surface area contributed by atoms with Gasteiger partial charge in [-0.2, -0.15) is 0 Å². The fourth-order valence-electron chi connectivity index (χ4n) is 1.81. The topological polar surface area (TPSA) is 46.3 Å². The van der Waals surface area contributed by atoms with Crippen LogP contribution in [0.3, 0.4) is 0 Å². The number of rotatable bonds is 2. The van der Waals surface area contributed by atoms with E-state index < -0.39 is 0 Å². The second-order valence-corrected chi connectivity index (χ2v) is 5.25. The van der Waals surface area contributed by atoms with E-state index in [1.807, 2.05) is 18.2 Å². The van der Waals surface area contributed by atoms with Crippen molar-refractivity contribution in [3.8, 4) is 0 Å². The molecule has 1 unspecified atom stereocenters. The summed E-state index contributed by atoms with van der Waals surface area (Å²) in [7, 11) is 0. The minimum atomic E-state index is -0.0292. The largest absolute Gasteiger partial charge is 0.337 e. The van der Waals surface area contributed by atoms with Gasteiger partial charge in [0.05, 0.1) is 5.02 Å². The minimum absolute atomic E-state index is 0.0292. The van der Waals surface area contributed by atoms with Gasteiger partial charge in [-0.05, 0) is 33.6 Å². The Morgan fingerprint density at radius 3 is 2.88 bits per heavy atom. The number of hydrogen-bond donors (Lipinski definition) is 1. The van der Waals surface area contributed by atoms with Gasteiger partial charge in [-0.25, -0.2) is 0 Å². The number of carbonyl (C=O) groups is 1. The number of hydrogen-bond acceptors (Lipinski definition) is 2. The van der Waals surface area contributed by atoms with Gasteiger partial charge in [0.25, 0.3) is 0 Å². The number of nitrogens with zero attached hydrogens (tertiary/aromatic N) is 1. The lowest BCUT2D eigenvalue weighted by atomic mass is 10.2. The standard InChI is InChI=1S/C11H12BrClN2O/c12-9-2-1-7(3-10(9)13)5-15-6-8(14)4-11(15)16/h1-3,8H,4-6,14H2. The third-order valence-corrected chi connectivity index (χ3v) is 3.83. The zero-order chi connectivity index (χ0) is 11.7. The van der Waals surface area contributed by atoms with Crippen molar-refractivity contribution in [1.82, 2.24) is 4.90 Å². The van der Waals surface area contributed by atoms with E-state index in [9.17, 15) is 4.79 Å². The predicted molar refractivity (Wildman–Crippen MR) is 67.2 cm³/mol. The molecule has 1 heterocycles. The third kappa shape index (κ3) is 2.56. The van der Waals surface area contributed by atoms with Crippen LogP contribution in [0.25, 0.3) is 0 Å². The molecule has 1 aliphatic rings. The Morgan fingerprint density at radius 1 is 1.56 bits per heavy atom. The van der Waals surface area contributed by atoms with Gasteiger partial charge in [0, 0.05) is 30.0 Å². The molecule has 5 heteroatoms. The SMILES string of the molecule is NC1CC(=O)N(Cc2ccc(Br)c(Cl)c2)C1. The summed E-state index contributed by atoms with van der Waals surface area (Å²) in [6.07, 6.45) is 0.449. The maximum atomic E-state index is 11.5. The smallest absolute Gasteiger partial charge is 0.224 e. The van der Waals surface area contributed by atoms with Gasteiger partial charge in [0.1, 0.15) is 0 Å². The quantitative estimate of drug-likeness (QED) is 0.910. The molecule has 0 aliphatic carbocycles. The van der Waals surface area contributed by atoms with Gasteiger partial charge in [-0.1, -0.05) is 17.7 Å². The van der Waals surface area contributed by atoms with Crippen molar-refractivity contribution >= 4 is 33.4 Å². The maximum Gasteiger partial charge on any atom is 0.224 e. The Bertz CT molecular complexity index is 424. The van der Waals surface area contributed by atoms with E-state index in [1.165, 1.54) is 0 Å². The molecule has 0 saturated carbocycles. The van der Waals surface area contributed by atoms with E-state index >= 15 is 0 Å². The van der Waals surface area contributed by atoms with Crippen molar-refractivity contribution in [3.63, 3.8) is 0 Å². The highest BCUT2D eigenvalue weighted by molar-refractivity contribution is 9.10. The van der Waals surface area contributed by atoms with Crippen molar-refractivity contribution in [2.45, 2.75) is 19.0 Å². The molecule has 1 aromatic carbocycles. The van der Waals surface area contributed by atoms with Crippen molar-refractivity contribution in [2.24, 2.45) is 5.73 Å². The van der Waals surface area contributed by atoms with E-state index in [-0.39, 0.29) is 11.9 Å².